The Labute approximate surface area is 153 Å². The van der Waals surface area contributed by atoms with Crippen molar-refractivity contribution in [3.05, 3.63) is 84.1 Å². The number of aromatic nitrogens is 1. The molecule has 0 amide bonds. The van der Waals surface area contributed by atoms with E-state index in [0.29, 0.717) is 0 Å². The van der Waals surface area contributed by atoms with Gasteiger partial charge in [-0.15, -0.1) is 0 Å². The maximum absolute atomic E-state index is 2.33. The summed E-state index contributed by atoms with van der Waals surface area (Å²) in [5.41, 5.74) is 4.99. The number of hydrogen-bond donors (Lipinski definition) is 0. The molecule has 0 atom stereocenters. The maximum Gasteiger partial charge on any atom is 0.219 e. The molecule has 2 heteroatoms. The summed E-state index contributed by atoms with van der Waals surface area (Å²) < 4.78 is 2.33. The average molecular weight is 411 g/mol. The first-order valence-electron chi connectivity index (χ1n) is 7.64. The molecule has 1 heterocycles. The molecule has 3 aromatic carbocycles. The highest BCUT2D eigenvalue weighted by Gasteiger charge is 2.16. The second-order valence-electron chi connectivity index (χ2n) is 5.87. The fourth-order valence-corrected chi connectivity index (χ4v) is 3.16. The van der Waals surface area contributed by atoms with E-state index in [-0.39, 0.29) is 24.0 Å². The topological polar surface area (TPSA) is 3.88 Å². The Balaban J connectivity index is 0.00000156. The van der Waals surface area contributed by atoms with Crippen LogP contribution in [0.1, 0.15) is 11.3 Å². The summed E-state index contributed by atoms with van der Waals surface area (Å²) in [6, 6.07) is 26.2. The van der Waals surface area contributed by atoms with Gasteiger partial charge >= 0.3 is 0 Å². The standard InChI is InChI=1S/C21H18N.HI/c1-15-7-11-18(12-8-15)22-16(2)9-13-20-19-6-4-3-5-17(19)10-14-21(20)22;/h3-14H,1-2H3;1H/q+1;/p-1. The smallest absolute Gasteiger partial charge is 0.219 e. The predicted octanol–water partition coefficient (Wildman–Crippen LogP) is 1.89. The van der Waals surface area contributed by atoms with Gasteiger partial charge in [-0.05, 0) is 29.8 Å². The first kappa shape index (κ1) is 15.9. The van der Waals surface area contributed by atoms with Crippen molar-refractivity contribution in [2.75, 3.05) is 0 Å². The van der Waals surface area contributed by atoms with E-state index in [4.69, 9.17) is 0 Å². The first-order valence-corrected chi connectivity index (χ1v) is 7.64. The van der Waals surface area contributed by atoms with E-state index in [0.717, 1.165) is 0 Å². The van der Waals surface area contributed by atoms with E-state index in [1.54, 1.807) is 0 Å². The van der Waals surface area contributed by atoms with Crippen molar-refractivity contribution < 1.29 is 28.5 Å². The molecule has 0 spiro atoms. The SMILES string of the molecule is Cc1ccc(-[n+]2c(C)ccc3c4ccccc4ccc32)cc1.[I-]. The van der Waals surface area contributed by atoms with Gasteiger partial charge < -0.3 is 24.0 Å². The molecule has 0 unspecified atom stereocenters. The van der Waals surface area contributed by atoms with Crippen LogP contribution in [0.25, 0.3) is 27.4 Å². The average Bonchev–Trinajstić information content (AvgIpc) is 2.55. The van der Waals surface area contributed by atoms with Crippen molar-refractivity contribution in [2.45, 2.75) is 13.8 Å². The lowest BCUT2D eigenvalue weighted by Crippen LogP contribution is -3.00. The van der Waals surface area contributed by atoms with Crippen LogP contribution in [0, 0.1) is 13.8 Å². The van der Waals surface area contributed by atoms with Gasteiger partial charge in [0.05, 0.1) is 5.39 Å². The van der Waals surface area contributed by atoms with Crippen molar-refractivity contribution in [1.82, 2.24) is 0 Å². The number of fused-ring (bicyclic) bond motifs is 3. The molecule has 0 bridgehead atoms. The van der Waals surface area contributed by atoms with Gasteiger partial charge in [-0.25, -0.2) is 0 Å². The van der Waals surface area contributed by atoms with Gasteiger partial charge in [0, 0.05) is 31.2 Å². The Kier molecular flexibility index (Phi) is 4.35. The first-order chi connectivity index (χ1) is 10.7. The molecule has 0 radical (unpaired) electrons. The third-order valence-electron chi connectivity index (χ3n) is 4.32. The molecule has 0 aliphatic carbocycles. The molecule has 0 saturated carbocycles. The van der Waals surface area contributed by atoms with E-state index in [1.165, 1.54) is 38.6 Å². The quantitative estimate of drug-likeness (QED) is 0.256. The summed E-state index contributed by atoms with van der Waals surface area (Å²) in [7, 11) is 0. The van der Waals surface area contributed by atoms with Crippen molar-refractivity contribution in [2.24, 2.45) is 0 Å². The number of halogens is 1. The minimum Gasteiger partial charge on any atom is -1.00 e. The Morgan fingerprint density at radius 1 is 0.652 bits per heavy atom. The van der Waals surface area contributed by atoms with Crippen LogP contribution in [0.15, 0.2) is 72.8 Å². The monoisotopic (exact) mass is 411 g/mol. The zero-order chi connectivity index (χ0) is 15.1. The van der Waals surface area contributed by atoms with Crippen LogP contribution in [-0.4, -0.2) is 0 Å². The molecule has 1 nitrogen and oxygen atoms in total. The van der Waals surface area contributed by atoms with E-state index in [9.17, 15) is 0 Å². The molecular weight excluding hydrogens is 393 g/mol. The largest absolute Gasteiger partial charge is 1.00 e. The number of aryl methyl sites for hydroxylation is 2. The van der Waals surface area contributed by atoms with Crippen molar-refractivity contribution in [1.29, 1.82) is 0 Å². The molecule has 0 fully saturated rings. The zero-order valence-corrected chi connectivity index (χ0v) is 15.4. The molecule has 1 aromatic heterocycles. The van der Waals surface area contributed by atoms with Gasteiger partial charge in [0.1, 0.15) is 0 Å². The number of nitrogens with zero attached hydrogens (tertiary/aromatic N) is 1. The number of rotatable bonds is 1. The summed E-state index contributed by atoms with van der Waals surface area (Å²) in [5, 5.41) is 3.89. The molecule has 0 aliphatic rings. The minimum absolute atomic E-state index is 0. The Morgan fingerprint density at radius 3 is 2.17 bits per heavy atom. The third-order valence-corrected chi connectivity index (χ3v) is 4.32. The molecule has 114 valence electrons. The fraction of sp³-hybridized carbons (Fsp3) is 0.0952. The molecular formula is C21H18IN. The van der Waals surface area contributed by atoms with E-state index >= 15 is 0 Å². The van der Waals surface area contributed by atoms with Crippen LogP contribution in [0.5, 0.6) is 0 Å². The van der Waals surface area contributed by atoms with Crippen LogP contribution in [0.4, 0.5) is 0 Å². The second-order valence-corrected chi connectivity index (χ2v) is 5.87. The molecule has 0 N–H and O–H groups in total. The van der Waals surface area contributed by atoms with Crippen molar-refractivity contribution in [3.63, 3.8) is 0 Å². The van der Waals surface area contributed by atoms with Crippen LogP contribution >= 0.6 is 0 Å². The summed E-state index contributed by atoms with van der Waals surface area (Å²) in [5.74, 6) is 0. The Hall–Kier alpha value is -1.94. The Bertz CT molecular complexity index is 988. The second kappa shape index (κ2) is 6.28. The summed E-state index contributed by atoms with van der Waals surface area (Å²) >= 11 is 0. The van der Waals surface area contributed by atoms with Crippen LogP contribution in [-0.2, 0) is 0 Å². The zero-order valence-electron chi connectivity index (χ0n) is 13.3. The van der Waals surface area contributed by atoms with Crippen LogP contribution in [0.2, 0.25) is 0 Å². The third kappa shape index (κ3) is 2.72. The van der Waals surface area contributed by atoms with Crippen molar-refractivity contribution in [3.8, 4) is 5.69 Å². The highest BCUT2D eigenvalue weighted by molar-refractivity contribution is 6.05. The molecule has 4 aromatic rings. The highest BCUT2D eigenvalue weighted by atomic mass is 127. The van der Waals surface area contributed by atoms with Gasteiger partial charge in [-0.2, -0.15) is 4.57 Å². The predicted molar refractivity (Wildman–Crippen MR) is 92.5 cm³/mol. The molecule has 23 heavy (non-hydrogen) atoms. The molecule has 4 rings (SSSR count). The fourth-order valence-electron chi connectivity index (χ4n) is 3.16. The highest BCUT2D eigenvalue weighted by Crippen LogP contribution is 2.24. The molecule has 0 aliphatic heterocycles. The molecule has 0 saturated heterocycles. The lowest BCUT2D eigenvalue weighted by molar-refractivity contribution is -0.574. The van der Waals surface area contributed by atoms with Crippen LogP contribution in [0.3, 0.4) is 0 Å². The normalized spacial score (nSPS) is 10.7. The van der Waals surface area contributed by atoms with Gasteiger partial charge in [0.15, 0.2) is 5.69 Å². The summed E-state index contributed by atoms with van der Waals surface area (Å²) in [4.78, 5) is 0. The number of pyridine rings is 1. The van der Waals surface area contributed by atoms with E-state index in [1.807, 2.05) is 0 Å². The summed E-state index contributed by atoms with van der Waals surface area (Å²) in [6.45, 7) is 4.28. The van der Waals surface area contributed by atoms with Gasteiger partial charge in [-0.3, -0.25) is 0 Å². The number of hydrogen-bond acceptors (Lipinski definition) is 0. The minimum atomic E-state index is 0. The van der Waals surface area contributed by atoms with E-state index in [2.05, 4.69) is 91.2 Å². The van der Waals surface area contributed by atoms with Gasteiger partial charge in [0.2, 0.25) is 11.2 Å². The van der Waals surface area contributed by atoms with E-state index < -0.39 is 0 Å². The lowest BCUT2D eigenvalue weighted by Gasteiger charge is -2.07. The lowest BCUT2D eigenvalue weighted by atomic mass is 10.0. The van der Waals surface area contributed by atoms with Gasteiger partial charge in [0.25, 0.3) is 0 Å². The Morgan fingerprint density at radius 2 is 1.39 bits per heavy atom. The van der Waals surface area contributed by atoms with Crippen LogP contribution < -0.4 is 28.5 Å². The van der Waals surface area contributed by atoms with Gasteiger partial charge in [-0.1, -0.05) is 42.0 Å². The number of benzene rings is 3. The van der Waals surface area contributed by atoms with Crippen molar-refractivity contribution >= 4 is 21.7 Å². The summed E-state index contributed by atoms with van der Waals surface area (Å²) in [6.07, 6.45) is 0. The maximum atomic E-state index is 2.33.